The van der Waals surface area contributed by atoms with Gasteiger partial charge in [-0.2, -0.15) is 5.26 Å². The Kier molecular flexibility index (Phi) is 3.32. The summed E-state index contributed by atoms with van der Waals surface area (Å²) in [6, 6.07) is 10.3. The minimum Gasteiger partial charge on any atom is -0.239 e. The predicted octanol–water partition coefficient (Wildman–Crippen LogP) is 4.37. The first-order valence-electron chi connectivity index (χ1n) is 5.16. The SMILES string of the molecule is CC(C)(C#N)c1csc(-c2ccc(Br)cc2)n1. The number of nitriles is 1. The number of nitrogens with zero attached hydrogens (tertiary/aromatic N) is 2. The van der Waals surface area contributed by atoms with Crippen molar-refractivity contribution >= 4 is 27.3 Å². The van der Waals surface area contributed by atoms with Gasteiger partial charge in [-0.1, -0.05) is 28.1 Å². The van der Waals surface area contributed by atoms with Crippen LogP contribution in [-0.2, 0) is 5.41 Å². The molecule has 0 atom stereocenters. The molecule has 0 fully saturated rings. The summed E-state index contributed by atoms with van der Waals surface area (Å²) < 4.78 is 1.05. The molecule has 1 aromatic carbocycles. The van der Waals surface area contributed by atoms with Crippen LogP contribution >= 0.6 is 27.3 Å². The second kappa shape index (κ2) is 4.59. The molecule has 86 valence electrons. The molecule has 0 saturated carbocycles. The van der Waals surface area contributed by atoms with Crippen LogP contribution in [0.25, 0.3) is 10.6 Å². The Morgan fingerprint density at radius 1 is 1.29 bits per heavy atom. The molecular weight excluding hydrogens is 296 g/mol. The van der Waals surface area contributed by atoms with E-state index in [0.717, 1.165) is 20.7 Å². The highest BCUT2D eigenvalue weighted by Gasteiger charge is 2.23. The zero-order chi connectivity index (χ0) is 12.5. The van der Waals surface area contributed by atoms with Crippen LogP contribution in [0.5, 0.6) is 0 Å². The first kappa shape index (κ1) is 12.3. The summed E-state index contributed by atoms with van der Waals surface area (Å²) in [5, 5.41) is 12.0. The van der Waals surface area contributed by atoms with Crippen LogP contribution in [0.4, 0.5) is 0 Å². The van der Waals surface area contributed by atoms with Crippen molar-refractivity contribution in [3.05, 3.63) is 39.8 Å². The maximum atomic E-state index is 9.07. The molecule has 17 heavy (non-hydrogen) atoms. The predicted molar refractivity (Wildman–Crippen MR) is 73.9 cm³/mol. The molecule has 2 nitrogen and oxygen atoms in total. The molecular formula is C13H11BrN2S. The van der Waals surface area contributed by atoms with E-state index in [1.165, 1.54) is 0 Å². The highest BCUT2D eigenvalue weighted by Crippen LogP contribution is 2.30. The lowest BCUT2D eigenvalue weighted by Gasteiger charge is -2.10. The molecule has 4 heteroatoms. The molecule has 0 amide bonds. The first-order chi connectivity index (χ1) is 8.03. The van der Waals surface area contributed by atoms with E-state index in [2.05, 4.69) is 27.0 Å². The minimum absolute atomic E-state index is 0.524. The summed E-state index contributed by atoms with van der Waals surface area (Å²) in [6.07, 6.45) is 0. The van der Waals surface area contributed by atoms with E-state index >= 15 is 0 Å². The molecule has 0 saturated heterocycles. The van der Waals surface area contributed by atoms with E-state index in [0.29, 0.717) is 0 Å². The van der Waals surface area contributed by atoms with Crippen LogP contribution in [0.3, 0.4) is 0 Å². The molecule has 0 radical (unpaired) electrons. The average molecular weight is 307 g/mol. The maximum absolute atomic E-state index is 9.07. The summed E-state index contributed by atoms with van der Waals surface area (Å²) in [6.45, 7) is 3.76. The monoisotopic (exact) mass is 306 g/mol. The van der Waals surface area contributed by atoms with Crippen LogP contribution in [0.2, 0.25) is 0 Å². The zero-order valence-electron chi connectivity index (χ0n) is 9.57. The van der Waals surface area contributed by atoms with E-state index < -0.39 is 5.41 Å². The van der Waals surface area contributed by atoms with Gasteiger partial charge in [0.05, 0.1) is 17.2 Å². The molecule has 0 N–H and O–H groups in total. The average Bonchev–Trinajstić information content (AvgIpc) is 2.80. The zero-order valence-corrected chi connectivity index (χ0v) is 12.0. The van der Waals surface area contributed by atoms with Crippen LogP contribution in [0, 0.1) is 11.3 Å². The molecule has 2 aromatic rings. The second-order valence-electron chi connectivity index (χ2n) is 4.28. The fourth-order valence-electron chi connectivity index (χ4n) is 1.34. The topological polar surface area (TPSA) is 36.7 Å². The van der Waals surface area contributed by atoms with E-state index in [1.54, 1.807) is 11.3 Å². The third-order valence-electron chi connectivity index (χ3n) is 2.52. The number of hydrogen-bond donors (Lipinski definition) is 0. The fraction of sp³-hybridized carbons (Fsp3) is 0.231. The van der Waals surface area contributed by atoms with Crippen molar-refractivity contribution in [1.29, 1.82) is 5.26 Å². The number of halogens is 1. The lowest BCUT2D eigenvalue weighted by molar-refractivity contribution is 0.666. The van der Waals surface area contributed by atoms with Gasteiger partial charge in [-0.3, -0.25) is 0 Å². The summed E-state index contributed by atoms with van der Waals surface area (Å²) in [5.41, 5.74) is 1.39. The summed E-state index contributed by atoms with van der Waals surface area (Å²) in [7, 11) is 0. The molecule has 1 heterocycles. The number of rotatable bonds is 2. The van der Waals surface area contributed by atoms with Gasteiger partial charge in [-0.05, 0) is 26.0 Å². The van der Waals surface area contributed by atoms with Crippen molar-refractivity contribution in [3.63, 3.8) is 0 Å². The van der Waals surface area contributed by atoms with Crippen LogP contribution < -0.4 is 0 Å². The molecule has 0 unspecified atom stereocenters. The van der Waals surface area contributed by atoms with Gasteiger partial charge in [0.1, 0.15) is 5.01 Å². The van der Waals surface area contributed by atoms with Gasteiger partial charge in [0.15, 0.2) is 0 Å². The Hall–Kier alpha value is -1.18. The smallest absolute Gasteiger partial charge is 0.123 e. The molecule has 2 rings (SSSR count). The normalized spacial score (nSPS) is 11.2. The quantitative estimate of drug-likeness (QED) is 0.826. The Morgan fingerprint density at radius 3 is 2.53 bits per heavy atom. The van der Waals surface area contributed by atoms with Crippen molar-refractivity contribution < 1.29 is 0 Å². The maximum Gasteiger partial charge on any atom is 0.123 e. The molecule has 0 aliphatic rings. The highest BCUT2D eigenvalue weighted by atomic mass is 79.9. The van der Waals surface area contributed by atoms with E-state index in [9.17, 15) is 0 Å². The Bertz CT molecular complexity index is 564. The third-order valence-corrected chi connectivity index (χ3v) is 3.94. The lowest BCUT2D eigenvalue weighted by atomic mass is 9.92. The first-order valence-corrected chi connectivity index (χ1v) is 6.83. The molecule has 0 aliphatic heterocycles. The Morgan fingerprint density at radius 2 is 1.94 bits per heavy atom. The number of benzene rings is 1. The third kappa shape index (κ3) is 2.56. The second-order valence-corrected chi connectivity index (χ2v) is 6.06. The van der Waals surface area contributed by atoms with Crippen molar-refractivity contribution in [2.75, 3.05) is 0 Å². The van der Waals surface area contributed by atoms with Crippen molar-refractivity contribution in [3.8, 4) is 16.6 Å². The van der Waals surface area contributed by atoms with Gasteiger partial charge in [0.25, 0.3) is 0 Å². The summed E-state index contributed by atoms with van der Waals surface area (Å²) in [5.74, 6) is 0. The molecule has 1 aromatic heterocycles. The van der Waals surface area contributed by atoms with E-state index in [4.69, 9.17) is 5.26 Å². The Labute approximate surface area is 113 Å². The van der Waals surface area contributed by atoms with Gasteiger partial charge in [-0.15, -0.1) is 11.3 Å². The van der Waals surface area contributed by atoms with Crippen molar-refractivity contribution in [2.24, 2.45) is 0 Å². The number of thiazole rings is 1. The number of hydrogen-bond acceptors (Lipinski definition) is 3. The largest absolute Gasteiger partial charge is 0.239 e. The fourth-order valence-corrected chi connectivity index (χ4v) is 2.60. The molecule has 0 spiro atoms. The van der Waals surface area contributed by atoms with Crippen molar-refractivity contribution in [1.82, 2.24) is 4.98 Å². The van der Waals surface area contributed by atoms with Gasteiger partial charge in [0, 0.05) is 15.4 Å². The van der Waals surface area contributed by atoms with Crippen LogP contribution in [0.15, 0.2) is 34.1 Å². The molecule has 0 bridgehead atoms. The van der Waals surface area contributed by atoms with Crippen molar-refractivity contribution in [2.45, 2.75) is 19.3 Å². The van der Waals surface area contributed by atoms with Crippen LogP contribution in [-0.4, -0.2) is 4.98 Å². The van der Waals surface area contributed by atoms with Crippen LogP contribution in [0.1, 0.15) is 19.5 Å². The summed E-state index contributed by atoms with van der Waals surface area (Å²) >= 11 is 4.98. The van der Waals surface area contributed by atoms with Gasteiger partial charge in [0.2, 0.25) is 0 Å². The Balaban J connectivity index is 2.37. The minimum atomic E-state index is -0.524. The molecule has 0 aliphatic carbocycles. The number of aromatic nitrogens is 1. The van der Waals surface area contributed by atoms with Gasteiger partial charge >= 0.3 is 0 Å². The standard InChI is InChI=1S/C13H11BrN2S/c1-13(2,8-15)11-7-17-12(16-11)9-3-5-10(14)6-4-9/h3-7H,1-2H3. The van der Waals surface area contributed by atoms with Gasteiger partial charge < -0.3 is 0 Å². The lowest BCUT2D eigenvalue weighted by Crippen LogP contribution is -2.14. The van der Waals surface area contributed by atoms with E-state index in [-0.39, 0.29) is 0 Å². The summed E-state index contributed by atoms with van der Waals surface area (Å²) in [4.78, 5) is 4.53. The highest BCUT2D eigenvalue weighted by molar-refractivity contribution is 9.10. The van der Waals surface area contributed by atoms with E-state index in [1.807, 2.05) is 43.5 Å². The van der Waals surface area contributed by atoms with Gasteiger partial charge in [-0.25, -0.2) is 4.98 Å².